The van der Waals surface area contributed by atoms with Crippen LogP contribution in [0.3, 0.4) is 0 Å². The Morgan fingerprint density at radius 2 is 1.29 bits per heavy atom. The Kier molecular flexibility index (Phi) is 10.2. The summed E-state index contributed by atoms with van der Waals surface area (Å²) in [6.07, 6.45) is 1.74. The van der Waals surface area contributed by atoms with Crippen LogP contribution in [0.4, 0.5) is 0 Å². The van der Waals surface area contributed by atoms with E-state index in [1.165, 1.54) is 0 Å². The molecule has 3 aromatic carbocycles. The minimum Gasteiger partial charge on any atom is -0.494 e. The summed E-state index contributed by atoms with van der Waals surface area (Å²) in [4.78, 5) is 13.0. The first kappa shape index (κ1) is 26.3. The predicted molar refractivity (Wildman–Crippen MR) is 138 cm³/mol. The van der Waals surface area contributed by atoms with Crippen molar-refractivity contribution in [2.45, 2.75) is 52.1 Å². The Balaban J connectivity index is 2.00. The molecule has 0 aliphatic rings. The van der Waals surface area contributed by atoms with Crippen LogP contribution in [-0.4, -0.2) is 37.0 Å². The highest BCUT2D eigenvalue weighted by molar-refractivity contribution is 5.91. The molecule has 3 rings (SSSR count). The highest BCUT2D eigenvalue weighted by atomic mass is 16.5. The highest BCUT2D eigenvalue weighted by Gasteiger charge is 2.24. The number of esters is 1. The number of carbonyl (C=O) groups is 1. The van der Waals surface area contributed by atoms with Crippen molar-refractivity contribution in [3.05, 3.63) is 95.1 Å². The molecule has 3 aromatic rings. The van der Waals surface area contributed by atoms with E-state index in [-0.39, 0.29) is 12.5 Å². The molecule has 0 aliphatic heterocycles. The Bertz CT molecular complexity index is 992. The smallest absolute Gasteiger partial charge is 0.338 e. The van der Waals surface area contributed by atoms with Crippen molar-refractivity contribution in [2.24, 2.45) is 0 Å². The standard InChI is InChI=1S/C30H36O5/c1-4-19-33-25-15-11-22(12-16-25)29(23-13-17-26(18-14-23)34-20-5-2)27-9-7-8-10-28(27)30(32)35-21-24(31)6-3/h7-18,24,29,31H,4-6,19-21H2,1-3H3. The summed E-state index contributed by atoms with van der Waals surface area (Å²) < 4.78 is 17.0. The molecule has 0 saturated carbocycles. The van der Waals surface area contributed by atoms with Crippen LogP contribution in [-0.2, 0) is 4.74 Å². The Morgan fingerprint density at radius 1 is 0.771 bits per heavy atom. The summed E-state index contributed by atoms with van der Waals surface area (Å²) in [6, 6.07) is 23.5. The quantitative estimate of drug-likeness (QED) is 0.229. The minimum absolute atomic E-state index is 0.0265. The number of aliphatic hydroxyl groups is 1. The lowest BCUT2D eigenvalue weighted by Gasteiger charge is -2.22. The van der Waals surface area contributed by atoms with Crippen molar-refractivity contribution in [2.75, 3.05) is 19.8 Å². The van der Waals surface area contributed by atoms with Gasteiger partial charge in [0, 0.05) is 5.92 Å². The molecule has 5 heteroatoms. The molecular weight excluding hydrogens is 440 g/mol. The van der Waals surface area contributed by atoms with Crippen LogP contribution in [0.15, 0.2) is 72.8 Å². The van der Waals surface area contributed by atoms with Crippen LogP contribution in [0.5, 0.6) is 11.5 Å². The van der Waals surface area contributed by atoms with Gasteiger partial charge in [-0.1, -0.05) is 63.2 Å². The maximum atomic E-state index is 13.0. The minimum atomic E-state index is -0.673. The summed E-state index contributed by atoms with van der Waals surface area (Å²) in [7, 11) is 0. The van der Waals surface area contributed by atoms with Crippen LogP contribution in [0.25, 0.3) is 0 Å². The molecule has 1 unspecified atom stereocenters. The number of aliphatic hydroxyl groups excluding tert-OH is 1. The van der Waals surface area contributed by atoms with E-state index in [1.807, 2.05) is 73.7 Å². The highest BCUT2D eigenvalue weighted by Crippen LogP contribution is 2.36. The molecule has 1 atom stereocenters. The van der Waals surface area contributed by atoms with Gasteiger partial charge in [-0.05, 0) is 66.3 Å². The largest absolute Gasteiger partial charge is 0.494 e. The second-order valence-corrected chi connectivity index (χ2v) is 8.52. The van der Waals surface area contributed by atoms with E-state index in [1.54, 1.807) is 6.07 Å². The van der Waals surface area contributed by atoms with Gasteiger partial charge < -0.3 is 19.3 Å². The van der Waals surface area contributed by atoms with E-state index >= 15 is 0 Å². The second kappa shape index (κ2) is 13.5. The number of rotatable bonds is 13. The summed E-state index contributed by atoms with van der Waals surface area (Å²) in [5, 5.41) is 9.86. The number of ether oxygens (including phenoxy) is 3. The third-order valence-electron chi connectivity index (χ3n) is 5.74. The van der Waals surface area contributed by atoms with E-state index in [4.69, 9.17) is 14.2 Å². The lowest BCUT2D eigenvalue weighted by Crippen LogP contribution is -2.19. The molecule has 186 valence electrons. The van der Waals surface area contributed by atoms with Crippen LogP contribution < -0.4 is 9.47 Å². The normalized spacial score (nSPS) is 11.8. The fourth-order valence-corrected chi connectivity index (χ4v) is 3.81. The third-order valence-corrected chi connectivity index (χ3v) is 5.74. The van der Waals surface area contributed by atoms with Gasteiger partial charge in [-0.2, -0.15) is 0 Å². The first-order valence-electron chi connectivity index (χ1n) is 12.5. The zero-order chi connectivity index (χ0) is 25.0. The molecule has 35 heavy (non-hydrogen) atoms. The van der Waals surface area contributed by atoms with E-state index in [9.17, 15) is 9.90 Å². The zero-order valence-corrected chi connectivity index (χ0v) is 20.9. The van der Waals surface area contributed by atoms with Crippen molar-refractivity contribution in [1.29, 1.82) is 0 Å². The van der Waals surface area contributed by atoms with Crippen molar-refractivity contribution >= 4 is 5.97 Å². The maximum Gasteiger partial charge on any atom is 0.338 e. The number of carbonyl (C=O) groups excluding carboxylic acids is 1. The van der Waals surface area contributed by atoms with Gasteiger partial charge in [-0.25, -0.2) is 4.79 Å². The SMILES string of the molecule is CCCOc1ccc(C(c2ccc(OCCC)cc2)c2ccccc2C(=O)OCC(O)CC)cc1. The fraction of sp³-hybridized carbons (Fsp3) is 0.367. The number of hydrogen-bond donors (Lipinski definition) is 1. The van der Waals surface area contributed by atoms with Crippen molar-refractivity contribution in [3.8, 4) is 11.5 Å². The molecule has 5 nitrogen and oxygen atoms in total. The molecule has 0 aromatic heterocycles. The molecule has 0 amide bonds. The van der Waals surface area contributed by atoms with Gasteiger partial charge in [-0.3, -0.25) is 0 Å². The molecular formula is C30H36O5. The monoisotopic (exact) mass is 476 g/mol. The van der Waals surface area contributed by atoms with Crippen molar-refractivity contribution in [1.82, 2.24) is 0 Å². The van der Waals surface area contributed by atoms with Crippen molar-refractivity contribution in [3.63, 3.8) is 0 Å². The first-order valence-corrected chi connectivity index (χ1v) is 12.5. The van der Waals surface area contributed by atoms with Crippen LogP contribution >= 0.6 is 0 Å². The van der Waals surface area contributed by atoms with Gasteiger partial charge in [0.2, 0.25) is 0 Å². The van der Waals surface area contributed by atoms with Gasteiger partial charge in [0.15, 0.2) is 0 Å². The summed E-state index contributed by atoms with van der Waals surface area (Å²) >= 11 is 0. The van der Waals surface area contributed by atoms with E-state index in [0.717, 1.165) is 41.0 Å². The summed E-state index contributed by atoms with van der Waals surface area (Å²) in [5.74, 6) is 0.997. The molecule has 0 aliphatic carbocycles. The second-order valence-electron chi connectivity index (χ2n) is 8.52. The zero-order valence-electron chi connectivity index (χ0n) is 20.9. The van der Waals surface area contributed by atoms with Gasteiger partial charge in [-0.15, -0.1) is 0 Å². The van der Waals surface area contributed by atoms with Gasteiger partial charge in [0.05, 0.1) is 24.9 Å². The predicted octanol–water partition coefficient (Wildman–Crippen LogP) is 6.37. The van der Waals surface area contributed by atoms with Crippen LogP contribution in [0, 0.1) is 0 Å². The Hall–Kier alpha value is -3.31. The van der Waals surface area contributed by atoms with E-state index in [2.05, 4.69) is 13.8 Å². The summed E-state index contributed by atoms with van der Waals surface area (Å²) in [5.41, 5.74) is 3.39. The Labute approximate surface area is 208 Å². The van der Waals surface area contributed by atoms with Crippen molar-refractivity contribution < 1.29 is 24.1 Å². The number of benzene rings is 3. The van der Waals surface area contributed by atoms with Gasteiger partial charge >= 0.3 is 5.97 Å². The lowest BCUT2D eigenvalue weighted by atomic mass is 9.83. The molecule has 0 fully saturated rings. The topological polar surface area (TPSA) is 65.0 Å². The lowest BCUT2D eigenvalue weighted by molar-refractivity contribution is 0.0249. The molecule has 0 radical (unpaired) electrons. The van der Waals surface area contributed by atoms with Gasteiger partial charge in [0.25, 0.3) is 0 Å². The average Bonchev–Trinajstić information content (AvgIpc) is 2.91. The molecule has 0 heterocycles. The van der Waals surface area contributed by atoms with Crippen LogP contribution in [0.2, 0.25) is 0 Å². The summed E-state index contributed by atoms with van der Waals surface area (Å²) in [6.45, 7) is 7.31. The molecule has 1 N–H and O–H groups in total. The molecule has 0 saturated heterocycles. The Morgan fingerprint density at radius 3 is 1.77 bits per heavy atom. The van der Waals surface area contributed by atoms with Gasteiger partial charge in [0.1, 0.15) is 18.1 Å². The van der Waals surface area contributed by atoms with Crippen LogP contribution in [0.1, 0.15) is 73.0 Å². The third kappa shape index (κ3) is 7.33. The average molecular weight is 477 g/mol. The first-order chi connectivity index (χ1) is 17.1. The van der Waals surface area contributed by atoms with E-state index in [0.29, 0.717) is 25.2 Å². The van der Waals surface area contributed by atoms with E-state index < -0.39 is 12.1 Å². The number of hydrogen-bond acceptors (Lipinski definition) is 5. The molecule has 0 spiro atoms. The fourth-order valence-electron chi connectivity index (χ4n) is 3.81. The molecule has 0 bridgehead atoms. The maximum absolute atomic E-state index is 13.0.